The first-order chi connectivity index (χ1) is 14.6. The van der Waals surface area contributed by atoms with Gasteiger partial charge in [0.2, 0.25) is 0 Å². The minimum Gasteiger partial charge on any atom is -0.496 e. The van der Waals surface area contributed by atoms with Gasteiger partial charge in [-0.3, -0.25) is 9.59 Å². The molecular weight excluding hydrogens is 380 g/mol. The molecule has 3 aromatic rings. The van der Waals surface area contributed by atoms with E-state index >= 15 is 0 Å². The molecule has 2 amide bonds. The summed E-state index contributed by atoms with van der Waals surface area (Å²) in [6.07, 6.45) is 0. The second kappa shape index (κ2) is 10.1. The summed E-state index contributed by atoms with van der Waals surface area (Å²) >= 11 is 0. The van der Waals surface area contributed by atoms with Crippen LogP contribution in [0.1, 0.15) is 28.9 Å². The molecule has 0 unspecified atom stereocenters. The van der Waals surface area contributed by atoms with Crippen molar-refractivity contribution in [3.63, 3.8) is 0 Å². The van der Waals surface area contributed by atoms with E-state index in [1.54, 1.807) is 43.5 Å². The van der Waals surface area contributed by atoms with Crippen LogP contribution in [0.25, 0.3) is 0 Å². The number of ether oxygens (including phenoxy) is 2. The second-order valence-corrected chi connectivity index (χ2v) is 6.64. The van der Waals surface area contributed by atoms with E-state index in [0.717, 1.165) is 5.56 Å². The molecule has 0 heterocycles. The Morgan fingerprint density at radius 1 is 0.867 bits per heavy atom. The highest BCUT2D eigenvalue weighted by Gasteiger charge is 2.16. The summed E-state index contributed by atoms with van der Waals surface area (Å²) in [5, 5.41) is 5.70. The van der Waals surface area contributed by atoms with Crippen molar-refractivity contribution < 1.29 is 19.1 Å². The fraction of sp³-hybridized carbons (Fsp3) is 0.167. The van der Waals surface area contributed by atoms with Crippen molar-refractivity contribution in [3.8, 4) is 11.5 Å². The van der Waals surface area contributed by atoms with Crippen LogP contribution in [0, 0.1) is 0 Å². The van der Waals surface area contributed by atoms with Crippen molar-refractivity contribution in [1.29, 1.82) is 0 Å². The Kier molecular flexibility index (Phi) is 7.05. The fourth-order valence-corrected chi connectivity index (χ4v) is 3.03. The van der Waals surface area contributed by atoms with E-state index in [1.807, 2.05) is 49.4 Å². The Hall–Kier alpha value is -3.80. The topological polar surface area (TPSA) is 76.7 Å². The summed E-state index contributed by atoms with van der Waals surface area (Å²) in [5.41, 5.74) is 1.91. The molecule has 0 aliphatic carbocycles. The monoisotopic (exact) mass is 404 g/mol. The molecule has 6 nitrogen and oxygen atoms in total. The summed E-state index contributed by atoms with van der Waals surface area (Å²) in [7, 11) is 1.59. The van der Waals surface area contributed by atoms with Crippen LogP contribution in [0.5, 0.6) is 11.5 Å². The molecule has 6 heteroatoms. The van der Waals surface area contributed by atoms with E-state index in [1.165, 1.54) is 0 Å². The lowest BCUT2D eigenvalue weighted by atomic mass is 10.1. The third-order valence-electron chi connectivity index (χ3n) is 4.51. The van der Waals surface area contributed by atoms with Gasteiger partial charge < -0.3 is 20.1 Å². The molecule has 154 valence electrons. The van der Waals surface area contributed by atoms with E-state index in [2.05, 4.69) is 10.6 Å². The molecule has 3 rings (SSSR count). The highest BCUT2D eigenvalue weighted by molar-refractivity contribution is 6.06. The Morgan fingerprint density at radius 3 is 2.23 bits per heavy atom. The predicted molar refractivity (Wildman–Crippen MR) is 116 cm³/mol. The number of para-hydroxylation sites is 3. The average Bonchev–Trinajstić information content (AvgIpc) is 2.78. The largest absolute Gasteiger partial charge is 0.496 e. The number of nitrogens with one attached hydrogen (secondary N) is 2. The number of anilines is 1. The molecule has 0 fully saturated rings. The lowest BCUT2D eigenvalue weighted by Gasteiger charge is -2.18. The minimum absolute atomic E-state index is 0.213. The number of benzene rings is 3. The molecule has 0 aliphatic rings. The summed E-state index contributed by atoms with van der Waals surface area (Å²) in [6, 6.07) is 23.2. The molecule has 0 aliphatic heterocycles. The summed E-state index contributed by atoms with van der Waals surface area (Å²) < 4.78 is 11.0. The van der Waals surface area contributed by atoms with Crippen LogP contribution in [0.3, 0.4) is 0 Å². The highest BCUT2D eigenvalue weighted by Crippen LogP contribution is 2.24. The zero-order chi connectivity index (χ0) is 21.3. The molecule has 0 saturated heterocycles. The van der Waals surface area contributed by atoms with E-state index in [0.29, 0.717) is 22.7 Å². The highest BCUT2D eigenvalue weighted by atomic mass is 16.5. The summed E-state index contributed by atoms with van der Waals surface area (Å²) in [6.45, 7) is 1.66. The van der Waals surface area contributed by atoms with Gasteiger partial charge in [0.05, 0.1) is 18.7 Å². The smallest absolute Gasteiger partial charge is 0.259 e. The van der Waals surface area contributed by atoms with Crippen molar-refractivity contribution in [2.45, 2.75) is 13.0 Å². The third-order valence-corrected chi connectivity index (χ3v) is 4.51. The van der Waals surface area contributed by atoms with Crippen LogP contribution in [0.15, 0.2) is 78.9 Å². The molecule has 1 atom stereocenters. The van der Waals surface area contributed by atoms with Crippen LogP contribution in [-0.4, -0.2) is 25.5 Å². The van der Waals surface area contributed by atoms with Crippen molar-refractivity contribution >= 4 is 17.5 Å². The van der Waals surface area contributed by atoms with Crippen molar-refractivity contribution in [1.82, 2.24) is 5.32 Å². The molecule has 2 N–H and O–H groups in total. The van der Waals surface area contributed by atoms with Gasteiger partial charge in [0, 0.05) is 11.3 Å². The van der Waals surface area contributed by atoms with Gasteiger partial charge >= 0.3 is 0 Å². The van der Waals surface area contributed by atoms with Crippen molar-refractivity contribution in [2.24, 2.45) is 0 Å². The van der Waals surface area contributed by atoms with Gasteiger partial charge in [0.1, 0.15) is 11.5 Å². The first-order valence-corrected chi connectivity index (χ1v) is 9.59. The van der Waals surface area contributed by atoms with Gasteiger partial charge in [-0.1, -0.05) is 48.5 Å². The Morgan fingerprint density at radius 2 is 1.50 bits per heavy atom. The summed E-state index contributed by atoms with van der Waals surface area (Å²) in [4.78, 5) is 25.0. The normalized spacial score (nSPS) is 11.3. The van der Waals surface area contributed by atoms with Gasteiger partial charge in [0.15, 0.2) is 6.61 Å². The van der Waals surface area contributed by atoms with Crippen molar-refractivity contribution in [3.05, 3.63) is 90.0 Å². The van der Waals surface area contributed by atoms with E-state index < -0.39 is 0 Å². The second-order valence-electron chi connectivity index (χ2n) is 6.64. The first kappa shape index (κ1) is 20.9. The zero-order valence-electron chi connectivity index (χ0n) is 16.9. The number of rotatable bonds is 8. The van der Waals surface area contributed by atoms with Gasteiger partial charge in [0.25, 0.3) is 11.8 Å². The molecule has 30 heavy (non-hydrogen) atoms. The maximum atomic E-state index is 12.6. The molecule has 3 aromatic carbocycles. The number of hydrogen-bond acceptors (Lipinski definition) is 4. The molecule has 0 bridgehead atoms. The van der Waals surface area contributed by atoms with E-state index in [9.17, 15) is 9.59 Å². The molecule has 0 radical (unpaired) electrons. The fourth-order valence-electron chi connectivity index (χ4n) is 3.03. The Bertz CT molecular complexity index is 1000. The maximum absolute atomic E-state index is 12.6. The van der Waals surface area contributed by atoms with Crippen LogP contribution in [0.2, 0.25) is 0 Å². The van der Waals surface area contributed by atoms with Crippen LogP contribution >= 0.6 is 0 Å². The average molecular weight is 404 g/mol. The molecular formula is C24H24N2O4. The number of hydrogen-bond donors (Lipinski definition) is 2. The lowest BCUT2D eigenvalue weighted by Crippen LogP contribution is -2.31. The molecule has 0 spiro atoms. The minimum atomic E-state index is -0.306. The Balaban J connectivity index is 1.62. The first-order valence-electron chi connectivity index (χ1n) is 9.59. The molecule has 0 aromatic heterocycles. The van der Waals surface area contributed by atoms with Crippen molar-refractivity contribution in [2.75, 3.05) is 19.0 Å². The standard InChI is InChI=1S/C24H24N2O4/c1-17(19-12-6-8-14-21(19)29-2)25-23(27)16-30-22-15-9-7-13-20(22)24(28)26-18-10-4-3-5-11-18/h3-15,17H,16H2,1-2H3,(H,25,27)(H,26,28)/t17-/m1/s1. The van der Waals surface area contributed by atoms with E-state index in [-0.39, 0.29) is 24.5 Å². The van der Waals surface area contributed by atoms with Gasteiger partial charge in [-0.05, 0) is 37.3 Å². The predicted octanol–water partition coefficient (Wildman–Crippen LogP) is 4.20. The van der Waals surface area contributed by atoms with Crippen LogP contribution in [0.4, 0.5) is 5.69 Å². The zero-order valence-corrected chi connectivity index (χ0v) is 16.9. The molecule has 0 saturated carbocycles. The third kappa shape index (κ3) is 5.38. The lowest BCUT2D eigenvalue weighted by molar-refractivity contribution is -0.123. The van der Waals surface area contributed by atoms with Gasteiger partial charge in [-0.2, -0.15) is 0 Å². The summed E-state index contributed by atoms with van der Waals surface area (Å²) in [5.74, 6) is 0.437. The number of methoxy groups -OCH3 is 1. The number of carbonyl (C=O) groups is 2. The van der Waals surface area contributed by atoms with Gasteiger partial charge in [-0.15, -0.1) is 0 Å². The number of amides is 2. The van der Waals surface area contributed by atoms with Crippen LogP contribution in [-0.2, 0) is 4.79 Å². The SMILES string of the molecule is COc1ccccc1[C@@H](C)NC(=O)COc1ccccc1C(=O)Nc1ccccc1. The van der Waals surface area contributed by atoms with E-state index in [4.69, 9.17) is 9.47 Å². The maximum Gasteiger partial charge on any atom is 0.259 e. The number of carbonyl (C=O) groups excluding carboxylic acids is 2. The quantitative estimate of drug-likeness (QED) is 0.590. The van der Waals surface area contributed by atoms with Crippen LogP contribution < -0.4 is 20.1 Å². The Labute approximate surface area is 175 Å². The van der Waals surface area contributed by atoms with Gasteiger partial charge in [-0.25, -0.2) is 0 Å².